The lowest BCUT2D eigenvalue weighted by Crippen LogP contribution is -2.28. The summed E-state index contributed by atoms with van der Waals surface area (Å²) in [7, 11) is 3.52. The number of nitrogens with one attached hydrogen (secondary N) is 2. The van der Waals surface area contributed by atoms with E-state index in [0.717, 1.165) is 0 Å². The number of thiazole rings is 1. The summed E-state index contributed by atoms with van der Waals surface area (Å²) >= 11 is 1.27. The van der Waals surface area contributed by atoms with Crippen molar-refractivity contribution >= 4 is 28.4 Å². The van der Waals surface area contributed by atoms with Gasteiger partial charge in [0.2, 0.25) is 0 Å². The summed E-state index contributed by atoms with van der Waals surface area (Å²) < 4.78 is 14.9. The highest BCUT2D eigenvalue weighted by Gasteiger charge is 2.16. The lowest BCUT2D eigenvalue weighted by atomic mass is 10.2. The zero-order valence-corrected chi connectivity index (χ0v) is 16.3. The number of urea groups is 1. The molecule has 0 saturated heterocycles. The van der Waals surface area contributed by atoms with Crippen LogP contribution in [-0.4, -0.2) is 33.4 Å². The van der Waals surface area contributed by atoms with Crippen LogP contribution in [0.4, 0.5) is 14.3 Å². The van der Waals surface area contributed by atoms with Crippen LogP contribution in [0.2, 0.25) is 0 Å². The van der Waals surface area contributed by atoms with Crippen molar-refractivity contribution in [1.29, 1.82) is 0 Å². The standard InChI is InChI=1S/C19H20FN5O2S/c1-24-8-4-7-16(24)17(26)25(2)11-15-12-28-19(22-15)23-18(27)21-10-13-5-3-6-14(20)9-13/h3-9,12H,10-11H2,1-2H3,(H2,21,22,23,27). The number of carbonyl (C=O) groups is 2. The number of aromatic nitrogens is 2. The highest BCUT2D eigenvalue weighted by molar-refractivity contribution is 7.13. The van der Waals surface area contributed by atoms with Crippen molar-refractivity contribution in [3.63, 3.8) is 0 Å². The number of aryl methyl sites for hydroxylation is 1. The summed E-state index contributed by atoms with van der Waals surface area (Å²) in [6, 6.07) is 9.17. The number of halogens is 1. The number of anilines is 1. The molecule has 0 bridgehead atoms. The number of carbonyl (C=O) groups excluding carboxylic acids is 2. The van der Waals surface area contributed by atoms with E-state index in [9.17, 15) is 14.0 Å². The molecule has 2 aromatic heterocycles. The minimum Gasteiger partial charge on any atom is -0.347 e. The molecule has 0 aliphatic rings. The molecule has 9 heteroatoms. The van der Waals surface area contributed by atoms with E-state index in [1.165, 1.54) is 23.5 Å². The van der Waals surface area contributed by atoms with Crippen LogP contribution in [0.3, 0.4) is 0 Å². The summed E-state index contributed by atoms with van der Waals surface area (Å²) in [6.45, 7) is 0.531. The largest absolute Gasteiger partial charge is 0.347 e. The molecule has 146 valence electrons. The van der Waals surface area contributed by atoms with Crippen LogP contribution in [0.5, 0.6) is 0 Å². The van der Waals surface area contributed by atoms with Crippen molar-refractivity contribution < 1.29 is 14.0 Å². The second kappa shape index (κ2) is 8.66. The molecule has 3 rings (SSSR count). The van der Waals surface area contributed by atoms with Crippen LogP contribution in [0.1, 0.15) is 21.7 Å². The van der Waals surface area contributed by atoms with Crippen LogP contribution in [0, 0.1) is 5.82 Å². The summed E-state index contributed by atoms with van der Waals surface area (Å²) in [5.74, 6) is -0.457. The van der Waals surface area contributed by atoms with Crippen molar-refractivity contribution in [1.82, 2.24) is 19.8 Å². The molecule has 0 aliphatic heterocycles. The van der Waals surface area contributed by atoms with Crippen LogP contribution < -0.4 is 10.6 Å². The second-order valence-corrected chi connectivity index (χ2v) is 7.11. The molecule has 0 radical (unpaired) electrons. The number of amides is 3. The first-order valence-electron chi connectivity index (χ1n) is 8.53. The van der Waals surface area contributed by atoms with Crippen molar-refractivity contribution in [3.8, 4) is 0 Å². The average molecular weight is 401 g/mol. The predicted molar refractivity (Wildman–Crippen MR) is 106 cm³/mol. The van der Waals surface area contributed by atoms with E-state index in [4.69, 9.17) is 0 Å². The summed E-state index contributed by atoms with van der Waals surface area (Å²) in [6.07, 6.45) is 1.81. The average Bonchev–Trinajstić information content (AvgIpc) is 3.28. The molecule has 0 fully saturated rings. The van der Waals surface area contributed by atoms with Crippen LogP contribution in [-0.2, 0) is 20.1 Å². The monoisotopic (exact) mass is 401 g/mol. The maximum Gasteiger partial charge on any atom is 0.321 e. The van der Waals surface area contributed by atoms with Gasteiger partial charge in [-0.15, -0.1) is 11.3 Å². The molecule has 0 unspecified atom stereocenters. The fraction of sp³-hybridized carbons (Fsp3) is 0.211. The zero-order valence-electron chi connectivity index (χ0n) is 15.5. The molecular weight excluding hydrogens is 381 g/mol. The Kier molecular flexibility index (Phi) is 6.05. The predicted octanol–water partition coefficient (Wildman–Crippen LogP) is 3.21. The minimum atomic E-state index is -0.432. The number of rotatable bonds is 6. The van der Waals surface area contributed by atoms with Crippen molar-refractivity contribution in [3.05, 3.63) is 70.7 Å². The highest BCUT2D eigenvalue weighted by Crippen LogP contribution is 2.17. The summed E-state index contributed by atoms with van der Waals surface area (Å²) in [5, 5.41) is 7.50. The SMILES string of the molecule is CN(Cc1csc(NC(=O)NCc2cccc(F)c2)n1)C(=O)c1cccn1C. The quantitative estimate of drug-likeness (QED) is 0.666. The first-order valence-corrected chi connectivity index (χ1v) is 9.41. The molecule has 2 heterocycles. The Morgan fingerprint density at radius 1 is 1.29 bits per heavy atom. The Morgan fingerprint density at radius 2 is 2.11 bits per heavy atom. The maximum atomic E-state index is 13.1. The van der Waals surface area contributed by atoms with Crippen molar-refractivity contribution in [2.45, 2.75) is 13.1 Å². The Balaban J connectivity index is 1.51. The van der Waals surface area contributed by atoms with Gasteiger partial charge in [-0.2, -0.15) is 0 Å². The third kappa shape index (κ3) is 4.95. The fourth-order valence-corrected chi connectivity index (χ4v) is 3.30. The summed E-state index contributed by atoms with van der Waals surface area (Å²) in [5.41, 5.74) is 1.93. The molecule has 3 amide bonds. The molecule has 28 heavy (non-hydrogen) atoms. The van der Waals surface area contributed by atoms with Gasteiger partial charge in [0.15, 0.2) is 5.13 Å². The third-order valence-electron chi connectivity index (χ3n) is 4.02. The number of hydrogen-bond donors (Lipinski definition) is 2. The lowest BCUT2D eigenvalue weighted by molar-refractivity contribution is 0.0774. The molecule has 7 nitrogen and oxygen atoms in total. The van der Waals surface area contributed by atoms with Gasteiger partial charge in [0.05, 0.1) is 12.2 Å². The van der Waals surface area contributed by atoms with Gasteiger partial charge in [0.25, 0.3) is 5.91 Å². The van der Waals surface area contributed by atoms with Crippen molar-refractivity contribution in [2.24, 2.45) is 7.05 Å². The van der Waals surface area contributed by atoms with E-state index < -0.39 is 6.03 Å². The van der Waals surface area contributed by atoms with Gasteiger partial charge >= 0.3 is 6.03 Å². The molecule has 3 aromatic rings. The van der Waals surface area contributed by atoms with Gasteiger partial charge in [-0.1, -0.05) is 12.1 Å². The molecular formula is C19H20FN5O2S. The van der Waals surface area contributed by atoms with E-state index in [1.54, 1.807) is 40.1 Å². The van der Waals surface area contributed by atoms with Crippen molar-refractivity contribution in [2.75, 3.05) is 12.4 Å². The first kappa shape index (κ1) is 19.6. The fourth-order valence-electron chi connectivity index (χ4n) is 2.60. The Bertz CT molecular complexity index is 984. The molecule has 2 N–H and O–H groups in total. The van der Waals surface area contributed by atoms with Gasteiger partial charge in [-0.25, -0.2) is 14.2 Å². The normalized spacial score (nSPS) is 10.5. The smallest absolute Gasteiger partial charge is 0.321 e. The van der Waals surface area contributed by atoms with Crippen LogP contribution >= 0.6 is 11.3 Å². The molecule has 0 aliphatic carbocycles. The van der Waals surface area contributed by atoms with E-state index in [-0.39, 0.29) is 18.3 Å². The van der Waals surface area contributed by atoms with Gasteiger partial charge in [-0.3, -0.25) is 10.1 Å². The third-order valence-corrected chi connectivity index (χ3v) is 4.83. The van der Waals surface area contributed by atoms with E-state index in [2.05, 4.69) is 15.6 Å². The van der Waals surface area contributed by atoms with Crippen LogP contribution in [0.25, 0.3) is 0 Å². The van der Waals surface area contributed by atoms with Gasteiger partial charge in [-0.05, 0) is 29.8 Å². The Labute approximate surface area is 165 Å². The Hall–Kier alpha value is -3.20. The minimum absolute atomic E-state index is 0.108. The molecule has 1 aromatic carbocycles. The van der Waals surface area contributed by atoms with E-state index in [1.807, 2.05) is 19.3 Å². The number of benzene rings is 1. The molecule has 0 saturated carbocycles. The first-order chi connectivity index (χ1) is 13.4. The second-order valence-electron chi connectivity index (χ2n) is 6.25. The summed E-state index contributed by atoms with van der Waals surface area (Å²) in [4.78, 5) is 30.3. The molecule has 0 spiro atoms. The lowest BCUT2D eigenvalue weighted by Gasteiger charge is -2.16. The van der Waals surface area contributed by atoms with Gasteiger partial charge in [0, 0.05) is 32.2 Å². The number of hydrogen-bond acceptors (Lipinski definition) is 4. The van der Waals surface area contributed by atoms with Crippen LogP contribution in [0.15, 0.2) is 48.0 Å². The van der Waals surface area contributed by atoms with Gasteiger partial charge in [0.1, 0.15) is 11.5 Å². The van der Waals surface area contributed by atoms with E-state index >= 15 is 0 Å². The molecule has 0 atom stereocenters. The topological polar surface area (TPSA) is 79.3 Å². The van der Waals surface area contributed by atoms with Gasteiger partial charge < -0.3 is 14.8 Å². The Morgan fingerprint density at radius 3 is 2.82 bits per heavy atom. The van der Waals surface area contributed by atoms with E-state index in [0.29, 0.717) is 28.6 Å². The maximum absolute atomic E-state index is 13.1. The highest BCUT2D eigenvalue weighted by atomic mass is 32.1. The number of nitrogens with zero attached hydrogens (tertiary/aromatic N) is 3. The zero-order chi connectivity index (χ0) is 20.1.